The van der Waals surface area contributed by atoms with Crippen molar-refractivity contribution in [2.45, 2.75) is 13.8 Å². The van der Waals surface area contributed by atoms with Gasteiger partial charge in [0, 0.05) is 0 Å². The highest BCUT2D eigenvalue weighted by molar-refractivity contribution is 7.75. The number of hydrogen-bond donors (Lipinski definition) is 0. The van der Waals surface area contributed by atoms with Crippen molar-refractivity contribution < 1.29 is 31.6 Å². The van der Waals surface area contributed by atoms with Gasteiger partial charge in [-0.05, 0) is 62.4 Å². The molecule has 26 heavy (non-hydrogen) atoms. The minimum Gasteiger partial charge on any atom is -0.462 e. The smallest absolute Gasteiger partial charge is 0.417 e. The Morgan fingerprint density at radius 1 is 0.731 bits per heavy atom. The molecule has 2 aromatic rings. The molecule has 0 bridgehead atoms. The summed E-state index contributed by atoms with van der Waals surface area (Å²) in [5, 5.41) is 0. The molecule has 138 valence electrons. The third-order valence-electron chi connectivity index (χ3n) is 3.06. The molecular formula is C18H18O7S. The summed E-state index contributed by atoms with van der Waals surface area (Å²) in [5.74, 6) is -0.365. The van der Waals surface area contributed by atoms with E-state index in [2.05, 4.69) is 0 Å². The van der Waals surface area contributed by atoms with Gasteiger partial charge in [0.15, 0.2) is 0 Å². The van der Waals surface area contributed by atoms with E-state index in [-0.39, 0.29) is 24.7 Å². The van der Waals surface area contributed by atoms with Gasteiger partial charge in [-0.3, -0.25) is 0 Å². The van der Waals surface area contributed by atoms with E-state index >= 15 is 0 Å². The summed E-state index contributed by atoms with van der Waals surface area (Å²) in [6.45, 7) is 4.00. The third-order valence-corrected chi connectivity index (χ3v) is 3.72. The van der Waals surface area contributed by atoms with Crippen LogP contribution in [0.5, 0.6) is 11.5 Å². The van der Waals surface area contributed by atoms with Gasteiger partial charge in [-0.25, -0.2) is 9.59 Å². The molecule has 2 aromatic carbocycles. The summed E-state index contributed by atoms with van der Waals surface area (Å²) in [6, 6.07) is 11.9. The van der Waals surface area contributed by atoms with Crippen LogP contribution >= 0.6 is 0 Å². The quantitative estimate of drug-likeness (QED) is 0.652. The van der Waals surface area contributed by atoms with Crippen molar-refractivity contribution >= 4 is 23.3 Å². The van der Waals surface area contributed by atoms with E-state index in [1.165, 1.54) is 48.5 Å². The molecule has 0 N–H and O–H groups in total. The zero-order valence-electron chi connectivity index (χ0n) is 14.3. The third kappa shape index (κ3) is 5.59. The Hall–Kier alpha value is -2.87. The van der Waals surface area contributed by atoms with Crippen LogP contribution < -0.4 is 8.37 Å². The van der Waals surface area contributed by atoms with Crippen molar-refractivity contribution in [3.63, 3.8) is 0 Å². The Morgan fingerprint density at radius 3 is 1.38 bits per heavy atom. The molecule has 0 aliphatic carbocycles. The molecule has 2 rings (SSSR count). The van der Waals surface area contributed by atoms with Crippen LogP contribution in [-0.2, 0) is 20.8 Å². The predicted octanol–water partition coefficient (Wildman–Crippen LogP) is 3.08. The highest BCUT2D eigenvalue weighted by Crippen LogP contribution is 2.18. The van der Waals surface area contributed by atoms with Crippen molar-refractivity contribution in [2.24, 2.45) is 0 Å². The van der Waals surface area contributed by atoms with Crippen LogP contribution in [0.15, 0.2) is 48.5 Å². The SMILES string of the molecule is CCOC(=O)c1ccc(OS(=O)Oc2ccc(C(=O)OCC)cc2)cc1. The summed E-state index contributed by atoms with van der Waals surface area (Å²) in [4.78, 5) is 23.1. The fourth-order valence-corrected chi connectivity index (χ4v) is 2.47. The van der Waals surface area contributed by atoms with E-state index in [1.54, 1.807) is 13.8 Å². The zero-order valence-corrected chi connectivity index (χ0v) is 15.1. The van der Waals surface area contributed by atoms with Crippen molar-refractivity contribution in [1.29, 1.82) is 0 Å². The molecule has 0 aliphatic heterocycles. The van der Waals surface area contributed by atoms with Gasteiger partial charge >= 0.3 is 23.3 Å². The lowest BCUT2D eigenvalue weighted by Gasteiger charge is -2.07. The van der Waals surface area contributed by atoms with Crippen LogP contribution in [0.2, 0.25) is 0 Å². The first kappa shape index (κ1) is 19.5. The van der Waals surface area contributed by atoms with Crippen LogP contribution in [-0.4, -0.2) is 29.4 Å². The van der Waals surface area contributed by atoms with Crippen molar-refractivity contribution in [3.05, 3.63) is 59.7 Å². The number of hydrogen-bond acceptors (Lipinski definition) is 7. The maximum atomic E-state index is 11.9. The van der Waals surface area contributed by atoms with Crippen molar-refractivity contribution in [2.75, 3.05) is 13.2 Å². The predicted molar refractivity (Wildman–Crippen MR) is 94.2 cm³/mol. The second-order valence-corrected chi connectivity index (χ2v) is 5.60. The van der Waals surface area contributed by atoms with Crippen LogP contribution in [0.3, 0.4) is 0 Å². The van der Waals surface area contributed by atoms with E-state index in [1.807, 2.05) is 0 Å². The Labute approximate surface area is 153 Å². The van der Waals surface area contributed by atoms with Gasteiger partial charge in [0.25, 0.3) is 0 Å². The van der Waals surface area contributed by atoms with Crippen LogP contribution in [0.1, 0.15) is 34.6 Å². The zero-order chi connectivity index (χ0) is 18.9. The molecular weight excluding hydrogens is 360 g/mol. The van der Waals surface area contributed by atoms with Crippen molar-refractivity contribution in [3.8, 4) is 11.5 Å². The van der Waals surface area contributed by atoms with E-state index in [0.29, 0.717) is 11.1 Å². The van der Waals surface area contributed by atoms with E-state index < -0.39 is 23.3 Å². The topological polar surface area (TPSA) is 88.1 Å². The maximum absolute atomic E-state index is 11.9. The lowest BCUT2D eigenvalue weighted by Crippen LogP contribution is -2.09. The molecule has 0 saturated carbocycles. The Bertz CT molecular complexity index is 704. The van der Waals surface area contributed by atoms with Crippen molar-refractivity contribution in [1.82, 2.24) is 0 Å². The first-order valence-electron chi connectivity index (χ1n) is 7.86. The van der Waals surface area contributed by atoms with E-state index in [0.717, 1.165) is 0 Å². The van der Waals surface area contributed by atoms with Crippen LogP contribution in [0, 0.1) is 0 Å². The van der Waals surface area contributed by atoms with Crippen LogP contribution in [0.4, 0.5) is 0 Å². The first-order valence-corrected chi connectivity index (χ1v) is 8.86. The summed E-state index contributed by atoms with van der Waals surface area (Å²) in [6.07, 6.45) is 0. The fraction of sp³-hybridized carbons (Fsp3) is 0.222. The van der Waals surface area contributed by atoms with Crippen LogP contribution in [0.25, 0.3) is 0 Å². The Morgan fingerprint density at radius 2 is 1.08 bits per heavy atom. The monoisotopic (exact) mass is 378 g/mol. The Kier molecular flexibility index (Phi) is 7.16. The molecule has 0 aliphatic rings. The molecule has 0 heterocycles. The highest BCUT2D eigenvalue weighted by Gasteiger charge is 2.11. The second-order valence-electron chi connectivity index (χ2n) is 4.86. The molecule has 0 radical (unpaired) electrons. The molecule has 8 heteroatoms. The summed E-state index contributed by atoms with van der Waals surface area (Å²) in [5.41, 5.74) is 0.723. The molecule has 0 spiro atoms. The molecule has 0 saturated heterocycles. The first-order chi connectivity index (χ1) is 12.5. The van der Waals surface area contributed by atoms with E-state index in [4.69, 9.17) is 17.8 Å². The molecule has 0 unspecified atom stereocenters. The summed E-state index contributed by atoms with van der Waals surface area (Å²) in [7, 11) is 0. The molecule has 0 atom stereocenters. The largest absolute Gasteiger partial charge is 0.462 e. The minimum atomic E-state index is -2.10. The minimum absolute atomic E-state index is 0.263. The number of carbonyl (C=O) groups is 2. The molecule has 0 aromatic heterocycles. The summed E-state index contributed by atoms with van der Waals surface area (Å²) >= 11 is -2.10. The van der Waals surface area contributed by atoms with Gasteiger partial charge in [0.2, 0.25) is 0 Å². The van der Waals surface area contributed by atoms with Gasteiger partial charge in [-0.2, -0.15) is 4.21 Å². The highest BCUT2D eigenvalue weighted by atomic mass is 32.2. The number of esters is 2. The lowest BCUT2D eigenvalue weighted by molar-refractivity contribution is 0.0516. The average Bonchev–Trinajstić information content (AvgIpc) is 2.63. The fourth-order valence-electron chi connectivity index (χ4n) is 1.90. The van der Waals surface area contributed by atoms with Gasteiger partial charge in [-0.15, -0.1) is 0 Å². The lowest BCUT2D eigenvalue weighted by atomic mass is 10.2. The van der Waals surface area contributed by atoms with Gasteiger partial charge < -0.3 is 17.8 Å². The number of rotatable bonds is 8. The van der Waals surface area contributed by atoms with Gasteiger partial charge in [0.05, 0.1) is 24.3 Å². The standard InChI is InChI=1S/C18H18O7S/c1-3-22-17(19)13-5-9-15(10-6-13)24-26(21)25-16-11-7-14(8-12-16)18(20)23-4-2/h5-12H,3-4H2,1-2H3. The number of carbonyl (C=O) groups excluding carboxylic acids is 2. The average molecular weight is 378 g/mol. The second kappa shape index (κ2) is 9.57. The van der Waals surface area contributed by atoms with Gasteiger partial charge in [0.1, 0.15) is 11.5 Å². The van der Waals surface area contributed by atoms with E-state index in [9.17, 15) is 13.8 Å². The molecule has 7 nitrogen and oxygen atoms in total. The molecule has 0 fully saturated rings. The molecule has 0 amide bonds. The van der Waals surface area contributed by atoms with Gasteiger partial charge in [-0.1, -0.05) is 0 Å². The number of ether oxygens (including phenoxy) is 2. The summed E-state index contributed by atoms with van der Waals surface area (Å²) < 4.78 is 31.9. The normalized spacial score (nSPS) is 10.3. The number of benzene rings is 2. The Balaban J connectivity index is 1.92. The maximum Gasteiger partial charge on any atom is 0.417 e.